The van der Waals surface area contributed by atoms with E-state index in [-0.39, 0.29) is 11.8 Å². The molecule has 1 atom stereocenters. The summed E-state index contributed by atoms with van der Waals surface area (Å²) in [6, 6.07) is 25.8. The van der Waals surface area contributed by atoms with Crippen molar-refractivity contribution in [2.45, 2.75) is 65.5 Å². The number of nitrogens with zero attached hydrogens (tertiary/aromatic N) is 1. The number of benzene rings is 3. The molecular formula is C32H39BrN2O2. The molecule has 0 saturated heterocycles. The summed E-state index contributed by atoms with van der Waals surface area (Å²) in [5.74, 6) is 0.666. The molecule has 196 valence electrons. The van der Waals surface area contributed by atoms with Crippen LogP contribution in [-0.4, -0.2) is 29.3 Å². The van der Waals surface area contributed by atoms with Crippen LogP contribution in [0.25, 0.3) is 0 Å². The first-order chi connectivity index (χ1) is 17.7. The number of carbonyl (C=O) groups excluding carboxylic acids is 2. The number of halogens is 1. The second kappa shape index (κ2) is 14.1. The molecule has 0 bridgehead atoms. The zero-order chi connectivity index (χ0) is 26.8. The third kappa shape index (κ3) is 9.15. The molecule has 1 N–H and O–H groups in total. The first kappa shape index (κ1) is 28.6. The Balaban J connectivity index is 1.87. The molecule has 0 fully saturated rings. The Hall–Kier alpha value is -2.92. The van der Waals surface area contributed by atoms with Gasteiger partial charge in [0.1, 0.15) is 6.04 Å². The van der Waals surface area contributed by atoms with E-state index in [1.165, 1.54) is 5.56 Å². The van der Waals surface area contributed by atoms with Gasteiger partial charge in [0.25, 0.3) is 0 Å². The zero-order valence-electron chi connectivity index (χ0n) is 22.4. The molecule has 4 nitrogen and oxygen atoms in total. The van der Waals surface area contributed by atoms with Gasteiger partial charge >= 0.3 is 0 Å². The van der Waals surface area contributed by atoms with Crippen molar-refractivity contribution in [3.8, 4) is 0 Å². The van der Waals surface area contributed by atoms with E-state index < -0.39 is 6.04 Å². The fourth-order valence-corrected chi connectivity index (χ4v) is 4.72. The Morgan fingerprint density at radius 2 is 1.51 bits per heavy atom. The minimum Gasteiger partial charge on any atom is -0.354 e. The van der Waals surface area contributed by atoms with Crippen LogP contribution in [0, 0.1) is 5.92 Å². The Morgan fingerprint density at radius 3 is 2.14 bits per heavy atom. The van der Waals surface area contributed by atoms with Crippen molar-refractivity contribution in [1.29, 1.82) is 0 Å². The van der Waals surface area contributed by atoms with E-state index >= 15 is 0 Å². The SMILES string of the molecule is CC(C)CNC(=O)[C@@H](Cc1ccccc1)N(Cc1cccc(Br)c1)C(=O)CCc1ccc(C(C)C)cc1. The zero-order valence-corrected chi connectivity index (χ0v) is 24.0. The molecule has 0 aromatic heterocycles. The normalized spacial score (nSPS) is 12.0. The third-order valence-corrected chi connectivity index (χ3v) is 6.96. The molecule has 0 saturated carbocycles. The van der Waals surface area contributed by atoms with Gasteiger partial charge in [-0.15, -0.1) is 0 Å². The van der Waals surface area contributed by atoms with Gasteiger partial charge in [-0.3, -0.25) is 9.59 Å². The molecule has 0 spiro atoms. The van der Waals surface area contributed by atoms with E-state index in [0.29, 0.717) is 44.2 Å². The second-order valence-corrected chi connectivity index (χ2v) is 11.3. The highest BCUT2D eigenvalue weighted by Gasteiger charge is 2.30. The smallest absolute Gasteiger partial charge is 0.243 e. The van der Waals surface area contributed by atoms with Crippen molar-refractivity contribution in [3.63, 3.8) is 0 Å². The fraction of sp³-hybridized carbons (Fsp3) is 0.375. The summed E-state index contributed by atoms with van der Waals surface area (Å²) in [6.45, 7) is 9.44. The summed E-state index contributed by atoms with van der Waals surface area (Å²) in [4.78, 5) is 29.1. The quantitative estimate of drug-likeness (QED) is 0.260. The average molecular weight is 564 g/mol. The van der Waals surface area contributed by atoms with E-state index in [1.807, 2.05) is 54.6 Å². The van der Waals surface area contributed by atoms with Crippen molar-refractivity contribution >= 4 is 27.7 Å². The Morgan fingerprint density at radius 1 is 0.838 bits per heavy atom. The van der Waals surface area contributed by atoms with Crippen molar-refractivity contribution in [2.75, 3.05) is 6.54 Å². The van der Waals surface area contributed by atoms with E-state index in [9.17, 15) is 9.59 Å². The van der Waals surface area contributed by atoms with Crippen molar-refractivity contribution in [2.24, 2.45) is 5.92 Å². The standard InChI is InChI=1S/C32H39BrN2O2/c1-23(2)21-34-32(37)30(20-26-9-6-5-7-10-26)35(22-27-11-8-12-29(33)19-27)31(36)18-15-25-13-16-28(17-14-25)24(3)4/h5-14,16-17,19,23-24,30H,15,18,20-22H2,1-4H3,(H,34,37)/t30-/m1/s1. The molecular weight excluding hydrogens is 524 g/mol. The molecule has 0 aliphatic heterocycles. The van der Waals surface area contributed by atoms with Gasteiger partial charge in [0, 0.05) is 30.4 Å². The maximum Gasteiger partial charge on any atom is 0.243 e. The summed E-state index contributed by atoms with van der Waals surface area (Å²) in [6.07, 6.45) is 1.45. The first-order valence-electron chi connectivity index (χ1n) is 13.2. The van der Waals surface area contributed by atoms with Gasteiger partial charge in [0.15, 0.2) is 0 Å². The summed E-state index contributed by atoms with van der Waals surface area (Å²) in [5.41, 5.74) is 4.43. The summed E-state index contributed by atoms with van der Waals surface area (Å²) < 4.78 is 0.950. The van der Waals surface area contributed by atoms with Crippen LogP contribution < -0.4 is 5.32 Å². The van der Waals surface area contributed by atoms with Gasteiger partial charge < -0.3 is 10.2 Å². The molecule has 0 unspecified atom stereocenters. The molecule has 0 radical (unpaired) electrons. The van der Waals surface area contributed by atoms with Gasteiger partial charge in [-0.05, 0) is 52.6 Å². The van der Waals surface area contributed by atoms with Crippen LogP contribution in [0.1, 0.15) is 62.3 Å². The number of amides is 2. The number of rotatable bonds is 12. The van der Waals surface area contributed by atoms with E-state index in [4.69, 9.17) is 0 Å². The molecule has 0 aliphatic carbocycles. The van der Waals surface area contributed by atoms with Gasteiger partial charge in [-0.25, -0.2) is 0 Å². The molecule has 3 aromatic rings. The molecule has 3 rings (SSSR count). The molecule has 5 heteroatoms. The average Bonchev–Trinajstić information content (AvgIpc) is 2.88. The van der Waals surface area contributed by atoms with Crippen LogP contribution in [0.2, 0.25) is 0 Å². The monoisotopic (exact) mass is 562 g/mol. The molecule has 2 amide bonds. The molecule has 37 heavy (non-hydrogen) atoms. The van der Waals surface area contributed by atoms with E-state index in [1.54, 1.807) is 4.90 Å². The maximum absolute atomic E-state index is 13.8. The van der Waals surface area contributed by atoms with Gasteiger partial charge in [-0.1, -0.05) is 110 Å². The number of hydrogen-bond donors (Lipinski definition) is 1. The van der Waals surface area contributed by atoms with E-state index in [2.05, 4.69) is 73.2 Å². The fourth-order valence-electron chi connectivity index (χ4n) is 4.27. The highest BCUT2D eigenvalue weighted by atomic mass is 79.9. The van der Waals surface area contributed by atoms with Crippen LogP contribution in [0.4, 0.5) is 0 Å². The topological polar surface area (TPSA) is 49.4 Å². The third-order valence-electron chi connectivity index (χ3n) is 6.47. The second-order valence-electron chi connectivity index (χ2n) is 10.4. The van der Waals surface area contributed by atoms with Crippen LogP contribution in [0.15, 0.2) is 83.3 Å². The predicted octanol–water partition coefficient (Wildman–Crippen LogP) is 6.92. The molecule has 0 heterocycles. The van der Waals surface area contributed by atoms with Crippen molar-refractivity contribution < 1.29 is 9.59 Å². The summed E-state index contributed by atoms with van der Waals surface area (Å²) in [7, 11) is 0. The van der Waals surface area contributed by atoms with Crippen molar-refractivity contribution in [3.05, 3.63) is 106 Å². The lowest BCUT2D eigenvalue weighted by molar-refractivity contribution is -0.141. The lowest BCUT2D eigenvalue weighted by Gasteiger charge is -2.32. The Labute approximate surface area is 230 Å². The Kier molecular flexibility index (Phi) is 10.9. The lowest BCUT2D eigenvalue weighted by atomic mass is 9.99. The molecule has 3 aromatic carbocycles. The number of carbonyl (C=O) groups is 2. The van der Waals surface area contributed by atoms with Crippen LogP contribution in [-0.2, 0) is 29.0 Å². The highest BCUT2D eigenvalue weighted by molar-refractivity contribution is 9.10. The van der Waals surface area contributed by atoms with Gasteiger partial charge in [0.2, 0.25) is 11.8 Å². The van der Waals surface area contributed by atoms with Gasteiger partial charge in [-0.2, -0.15) is 0 Å². The predicted molar refractivity (Wildman–Crippen MR) is 155 cm³/mol. The van der Waals surface area contributed by atoms with E-state index in [0.717, 1.165) is 21.2 Å². The summed E-state index contributed by atoms with van der Waals surface area (Å²) >= 11 is 3.54. The maximum atomic E-state index is 13.8. The van der Waals surface area contributed by atoms with Crippen LogP contribution >= 0.6 is 15.9 Å². The lowest BCUT2D eigenvalue weighted by Crippen LogP contribution is -2.51. The first-order valence-corrected chi connectivity index (χ1v) is 14.0. The van der Waals surface area contributed by atoms with Crippen LogP contribution in [0.3, 0.4) is 0 Å². The van der Waals surface area contributed by atoms with Gasteiger partial charge in [0.05, 0.1) is 0 Å². The number of aryl methyl sites for hydroxylation is 1. The Bertz CT molecular complexity index is 1140. The minimum atomic E-state index is -0.601. The van der Waals surface area contributed by atoms with Crippen molar-refractivity contribution in [1.82, 2.24) is 10.2 Å². The minimum absolute atomic E-state index is 0.0199. The van der Waals surface area contributed by atoms with Crippen LogP contribution in [0.5, 0.6) is 0 Å². The highest BCUT2D eigenvalue weighted by Crippen LogP contribution is 2.20. The molecule has 0 aliphatic rings. The summed E-state index contributed by atoms with van der Waals surface area (Å²) in [5, 5.41) is 3.08. The number of hydrogen-bond acceptors (Lipinski definition) is 2. The number of nitrogens with one attached hydrogen (secondary N) is 1. The largest absolute Gasteiger partial charge is 0.354 e.